The molecule has 1 aliphatic carbocycles. The van der Waals surface area contributed by atoms with Crippen LogP contribution in [-0.4, -0.2) is 17.3 Å². The van der Waals surface area contributed by atoms with Crippen LogP contribution in [0.25, 0.3) is 0 Å². The second-order valence-electron chi connectivity index (χ2n) is 6.91. The molecular formula is C20H24NOP. The van der Waals surface area contributed by atoms with E-state index in [1.54, 1.807) is 0 Å². The summed E-state index contributed by atoms with van der Waals surface area (Å²) in [5, 5.41) is 1.94. The highest BCUT2D eigenvalue weighted by Gasteiger charge is 2.49. The van der Waals surface area contributed by atoms with Crippen molar-refractivity contribution < 1.29 is 4.57 Å². The number of benzene rings is 2. The molecule has 1 saturated heterocycles. The summed E-state index contributed by atoms with van der Waals surface area (Å²) in [6.07, 6.45) is 6.72. The molecule has 2 nitrogen and oxygen atoms in total. The smallest absolute Gasteiger partial charge is 0.207 e. The highest BCUT2D eigenvalue weighted by molar-refractivity contribution is 7.76. The Morgan fingerprint density at radius 2 is 1.39 bits per heavy atom. The number of hydrogen-bond acceptors (Lipinski definition) is 1. The van der Waals surface area contributed by atoms with E-state index in [4.69, 9.17) is 0 Å². The van der Waals surface area contributed by atoms with Crippen LogP contribution in [0.1, 0.15) is 32.1 Å². The Morgan fingerprint density at radius 1 is 0.870 bits per heavy atom. The van der Waals surface area contributed by atoms with E-state index in [0.717, 1.165) is 23.1 Å². The van der Waals surface area contributed by atoms with Gasteiger partial charge in [0, 0.05) is 23.2 Å². The lowest BCUT2D eigenvalue weighted by Crippen LogP contribution is -2.22. The lowest BCUT2D eigenvalue weighted by Gasteiger charge is -2.22. The second-order valence-corrected chi connectivity index (χ2v) is 9.61. The van der Waals surface area contributed by atoms with Crippen molar-refractivity contribution in [3.63, 3.8) is 0 Å². The average molecular weight is 325 g/mol. The second kappa shape index (κ2) is 6.26. The molecule has 0 amide bonds. The van der Waals surface area contributed by atoms with Crippen LogP contribution in [0.15, 0.2) is 60.7 Å². The SMILES string of the molecule is O=P(c1ccccc1)(c1ccccc1)N1CC1CC1CCCC1. The molecule has 2 aliphatic rings. The van der Waals surface area contributed by atoms with E-state index in [0.29, 0.717) is 6.04 Å². The van der Waals surface area contributed by atoms with Gasteiger partial charge >= 0.3 is 0 Å². The zero-order valence-corrected chi connectivity index (χ0v) is 14.4. The summed E-state index contributed by atoms with van der Waals surface area (Å²) in [4.78, 5) is 0. The van der Waals surface area contributed by atoms with Crippen molar-refractivity contribution in [2.45, 2.75) is 38.1 Å². The molecule has 0 bridgehead atoms. The first-order valence-corrected chi connectivity index (χ1v) is 10.4. The Kier molecular flexibility index (Phi) is 4.13. The number of nitrogens with zero attached hydrogens (tertiary/aromatic N) is 1. The van der Waals surface area contributed by atoms with Crippen molar-refractivity contribution in [1.29, 1.82) is 0 Å². The fraction of sp³-hybridized carbons (Fsp3) is 0.400. The fourth-order valence-electron chi connectivity index (χ4n) is 4.05. The Labute approximate surface area is 139 Å². The molecule has 0 radical (unpaired) electrons. The van der Waals surface area contributed by atoms with Crippen molar-refractivity contribution in [1.82, 2.24) is 4.67 Å². The quantitative estimate of drug-likeness (QED) is 0.607. The van der Waals surface area contributed by atoms with Crippen molar-refractivity contribution in [2.24, 2.45) is 5.92 Å². The van der Waals surface area contributed by atoms with Gasteiger partial charge in [0.2, 0.25) is 7.29 Å². The van der Waals surface area contributed by atoms with Crippen LogP contribution in [0.2, 0.25) is 0 Å². The Bertz CT molecular complexity index is 651. The van der Waals surface area contributed by atoms with Crippen LogP contribution in [0, 0.1) is 5.92 Å². The predicted molar refractivity (Wildman–Crippen MR) is 96.8 cm³/mol. The Hall–Kier alpha value is -1.37. The molecule has 2 aromatic carbocycles. The minimum Gasteiger partial charge on any atom is -0.296 e. The largest absolute Gasteiger partial charge is 0.296 e. The maximum absolute atomic E-state index is 14.1. The lowest BCUT2D eigenvalue weighted by atomic mass is 10.0. The third-order valence-electron chi connectivity index (χ3n) is 5.34. The molecular weight excluding hydrogens is 301 g/mol. The van der Waals surface area contributed by atoms with Gasteiger partial charge in [-0.1, -0.05) is 62.1 Å². The maximum atomic E-state index is 14.1. The molecule has 0 N–H and O–H groups in total. The van der Waals surface area contributed by atoms with Gasteiger partial charge in [0.15, 0.2) is 0 Å². The van der Waals surface area contributed by atoms with Crippen molar-refractivity contribution in [2.75, 3.05) is 6.54 Å². The van der Waals surface area contributed by atoms with Crippen LogP contribution in [-0.2, 0) is 4.57 Å². The van der Waals surface area contributed by atoms with Crippen LogP contribution in [0.4, 0.5) is 0 Å². The van der Waals surface area contributed by atoms with Gasteiger partial charge in [-0.25, -0.2) is 4.67 Å². The van der Waals surface area contributed by atoms with Gasteiger partial charge in [-0.15, -0.1) is 0 Å². The lowest BCUT2D eigenvalue weighted by molar-refractivity contribution is 0.474. The van der Waals surface area contributed by atoms with Gasteiger partial charge in [-0.3, -0.25) is 4.57 Å². The van der Waals surface area contributed by atoms with E-state index in [-0.39, 0.29) is 0 Å². The predicted octanol–water partition coefficient (Wildman–Crippen LogP) is 4.18. The molecule has 1 heterocycles. The number of rotatable bonds is 5. The van der Waals surface area contributed by atoms with E-state index >= 15 is 0 Å². The van der Waals surface area contributed by atoms with E-state index < -0.39 is 7.29 Å². The monoisotopic (exact) mass is 325 g/mol. The first-order chi connectivity index (χ1) is 11.3. The molecule has 2 aromatic rings. The van der Waals surface area contributed by atoms with Gasteiger partial charge in [-0.2, -0.15) is 0 Å². The van der Waals surface area contributed by atoms with Gasteiger partial charge in [-0.05, 0) is 36.6 Å². The fourth-order valence-corrected chi connectivity index (χ4v) is 7.06. The molecule has 23 heavy (non-hydrogen) atoms. The Balaban J connectivity index is 1.63. The van der Waals surface area contributed by atoms with Gasteiger partial charge < -0.3 is 0 Å². The molecule has 0 aromatic heterocycles. The zero-order valence-electron chi connectivity index (χ0n) is 13.5. The van der Waals surface area contributed by atoms with Crippen molar-refractivity contribution >= 4 is 17.9 Å². The third-order valence-corrected chi connectivity index (χ3v) is 8.55. The normalized spacial score (nSPS) is 24.7. The molecule has 4 rings (SSSR count). The van der Waals surface area contributed by atoms with Crippen molar-refractivity contribution in [3.8, 4) is 0 Å². The highest BCUT2D eigenvalue weighted by Crippen LogP contribution is 2.56. The summed E-state index contributed by atoms with van der Waals surface area (Å²) in [5.74, 6) is 0.852. The Morgan fingerprint density at radius 3 is 1.91 bits per heavy atom. The molecule has 2 fully saturated rings. The minimum absolute atomic E-state index is 0.504. The summed E-state index contributed by atoms with van der Waals surface area (Å²) in [6, 6.07) is 20.6. The molecule has 2 atom stereocenters. The summed E-state index contributed by atoms with van der Waals surface area (Å²) in [5.41, 5.74) is 0. The zero-order chi connectivity index (χ0) is 15.7. The van der Waals surface area contributed by atoms with Gasteiger partial charge in [0.1, 0.15) is 0 Å². The minimum atomic E-state index is -2.66. The summed E-state index contributed by atoms with van der Waals surface area (Å²) in [6.45, 7) is 0.984. The summed E-state index contributed by atoms with van der Waals surface area (Å²) < 4.78 is 16.4. The van der Waals surface area contributed by atoms with Gasteiger partial charge in [0.25, 0.3) is 0 Å². The molecule has 1 saturated carbocycles. The van der Waals surface area contributed by atoms with Crippen LogP contribution in [0.5, 0.6) is 0 Å². The molecule has 0 spiro atoms. The van der Waals surface area contributed by atoms with Crippen LogP contribution >= 0.6 is 7.29 Å². The standard InChI is InChI=1S/C20H24NOP/c22-23(19-11-3-1-4-12-19,20-13-5-2-6-14-20)21-16-18(21)15-17-9-7-8-10-17/h1-6,11-14,17-18H,7-10,15-16H2. The summed E-state index contributed by atoms with van der Waals surface area (Å²) in [7, 11) is -2.66. The maximum Gasteiger partial charge on any atom is 0.207 e. The average Bonchev–Trinajstić information content (AvgIpc) is 3.19. The van der Waals surface area contributed by atoms with E-state index in [9.17, 15) is 4.57 Å². The molecule has 120 valence electrons. The van der Waals surface area contributed by atoms with E-state index in [1.807, 2.05) is 60.7 Å². The molecule has 3 heteroatoms. The van der Waals surface area contributed by atoms with Gasteiger partial charge in [0.05, 0.1) is 0 Å². The molecule has 1 aliphatic heterocycles. The number of hydrogen-bond donors (Lipinski definition) is 0. The topological polar surface area (TPSA) is 20.1 Å². The van der Waals surface area contributed by atoms with Crippen molar-refractivity contribution in [3.05, 3.63) is 60.7 Å². The van der Waals surface area contributed by atoms with E-state index in [2.05, 4.69) is 4.67 Å². The third kappa shape index (κ3) is 2.91. The van der Waals surface area contributed by atoms with Crippen LogP contribution in [0.3, 0.4) is 0 Å². The van der Waals surface area contributed by atoms with Crippen LogP contribution < -0.4 is 10.6 Å². The highest BCUT2D eigenvalue weighted by atomic mass is 31.2. The summed E-state index contributed by atoms with van der Waals surface area (Å²) >= 11 is 0. The first-order valence-electron chi connectivity index (χ1n) is 8.77. The first kappa shape index (κ1) is 15.2. The molecule has 2 unspecified atom stereocenters. The van der Waals surface area contributed by atoms with E-state index in [1.165, 1.54) is 32.1 Å².